The van der Waals surface area contributed by atoms with Crippen molar-refractivity contribution < 1.29 is 27.1 Å². The third-order valence-electron chi connectivity index (χ3n) is 3.57. The van der Waals surface area contributed by atoms with E-state index in [0.717, 1.165) is 6.07 Å². The molecular formula is C18H17ClFNO5S. The molecule has 0 fully saturated rings. The molecule has 0 spiro atoms. The van der Waals surface area contributed by atoms with Crippen LogP contribution in [-0.4, -0.2) is 32.7 Å². The molecule has 0 atom stereocenters. The number of carbonyl (C=O) groups excluding carboxylic acids is 2. The second kappa shape index (κ2) is 8.96. The van der Waals surface area contributed by atoms with E-state index >= 15 is 0 Å². The number of aryl methyl sites for hydroxylation is 1. The largest absolute Gasteiger partial charge is 0.456 e. The minimum atomic E-state index is -3.67. The van der Waals surface area contributed by atoms with Crippen molar-refractivity contribution in [2.75, 3.05) is 17.7 Å². The molecule has 2 rings (SSSR count). The molecule has 27 heavy (non-hydrogen) atoms. The quantitative estimate of drug-likeness (QED) is 0.704. The summed E-state index contributed by atoms with van der Waals surface area (Å²) >= 11 is 5.71. The number of hydrogen-bond acceptors (Lipinski definition) is 5. The number of hydrogen-bond donors (Lipinski definition) is 1. The lowest BCUT2D eigenvalue weighted by Gasteiger charge is -2.08. The van der Waals surface area contributed by atoms with Crippen LogP contribution in [0.2, 0.25) is 5.02 Å². The van der Waals surface area contributed by atoms with Gasteiger partial charge in [0.05, 0.1) is 17.1 Å². The van der Waals surface area contributed by atoms with Crippen LogP contribution in [0.5, 0.6) is 0 Å². The number of anilines is 1. The van der Waals surface area contributed by atoms with Gasteiger partial charge in [-0.1, -0.05) is 17.7 Å². The number of esters is 1. The van der Waals surface area contributed by atoms with E-state index in [1.165, 1.54) is 36.4 Å². The first-order chi connectivity index (χ1) is 12.7. The van der Waals surface area contributed by atoms with E-state index in [9.17, 15) is 22.4 Å². The van der Waals surface area contributed by atoms with E-state index in [1.807, 2.05) is 0 Å². The summed E-state index contributed by atoms with van der Waals surface area (Å²) in [7, 11) is -3.67. The first-order valence-electron chi connectivity index (χ1n) is 7.87. The molecule has 0 aliphatic carbocycles. The molecule has 0 saturated carbocycles. The van der Waals surface area contributed by atoms with Gasteiger partial charge in [-0.2, -0.15) is 0 Å². The van der Waals surface area contributed by atoms with Crippen molar-refractivity contribution in [1.82, 2.24) is 0 Å². The highest BCUT2D eigenvalue weighted by Crippen LogP contribution is 2.16. The first kappa shape index (κ1) is 20.9. The summed E-state index contributed by atoms with van der Waals surface area (Å²) in [4.78, 5) is 23.4. The van der Waals surface area contributed by atoms with Gasteiger partial charge in [0.15, 0.2) is 16.4 Å². The van der Waals surface area contributed by atoms with Crippen LogP contribution in [0.3, 0.4) is 0 Å². The van der Waals surface area contributed by atoms with Crippen LogP contribution in [0.25, 0.3) is 0 Å². The predicted molar refractivity (Wildman–Crippen MR) is 98.8 cm³/mol. The summed E-state index contributed by atoms with van der Waals surface area (Å²) in [5.74, 6) is -2.43. The third kappa shape index (κ3) is 6.33. The second-order valence-electron chi connectivity index (χ2n) is 5.70. The number of nitrogens with one attached hydrogen (secondary N) is 1. The van der Waals surface area contributed by atoms with E-state index in [-0.39, 0.29) is 10.6 Å². The van der Waals surface area contributed by atoms with E-state index < -0.39 is 46.3 Å². The monoisotopic (exact) mass is 413 g/mol. The molecule has 1 amide bonds. The van der Waals surface area contributed by atoms with Gasteiger partial charge in [0.2, 0.25) is 0 Å². The van der Waals surface area contributed by atoms with Gasteiger partial charge in [0, 0.05) is 10.7 Å². The lowest BCUT2D eigenvalue weighted by Crippen LogP contribution is -2.22. The van der Waals surface area contributed by atoms with Gasteiger partial charge in [0.25, 0.3) is 5.91 Å². The number of carbonyl (C=O) groups is 2. The van der Waals surface area contributed by atoms with E-state index in [2.05, 4.69) is 5.32 Å². The van der Waals surface area contributed by atoms with Gasteiger partial charge >= 0.3 is 5.97 Å². The fraction of sp³-hybridized carbons (Fsp3) is 0.222. The summed E-state index contributed by atoms with van der Waals surface area (Å²) in [6.07, 6.45) is -0.405. The zero-order valence-corrected chi connectivity index (χ0v) is 15.9. The fourth-order valence-electron chi connectivity index (χ4n) is 2.06. The van der Waals surface area contributed by atoms with Crippen molar-refractivity contribution in [2.45, 2.75) is 18.2 Å². The Balaban J connectivity index is 1.80. The van der Waals surface area contributed by atoms with E-state index in [0.29, 0.717) is 10.6 Å². The topological polar surface area (TPSA) is 89.5 Å². The molecule has 2 aromatic rings. The molecule has 0 heterocycles. The van der Waals surface area contributed by atoms with Gasteiger partial charge in [0.1, 0.15) is 5.82 Å². The number of ether oxygens (including phenoxy) is 1. The number of sulfone groups is 1. The molecule has 0 radical (unpaired) electrons. The Kier molecular flexibility index (Phi) is 6.92. The summed E-state index contributed by atoms with van der Waals surface area (Å²) < 4.78 is 42.4. The summed E-state index contributed by atoms with van der Waals surface area (Å²) in [6, 6.07) is 9.72. The Hall–Kier alpha value is -2.45. The van der Waals surface area contributed by atoms with Gasteiger partial charge in [-0.3, -0.25) is 9.59 Å². The average Bonchev–Trinajstić information content (AvgIpc) is 2.62. The standard InChI is InChI=1S/C18H17ClFNO5S/c1-12-2-5-14(10-16(12)20)21-17(22)11-26-18(23)8-9-27(24,25)15-6-3-13(19)4-7-15/h2-7,10H,8-9,11H2,1H3,(H,21,22). The van der Waals surface area contributed by atoms with Crippen LogP contribution in [0.4, 0.5) is 10.1 Å². The average molecular weight is 414 g/mol. The zero-order chi connectivity index (χ0) is 20.0. The lowest BCUT2D eigenvalue weighted by molar-refractivity contribution is -0.146. The molecule has 0 bridgehead atoms. The molecule has 0 aromatic heterocycles. The summed E-state index contributed by atoms with van der Waals surface area (Å²) in [6.45, 7) is 0.982. The second-order valence-corrected chi connectivity index (χ2v) is 8.24. The van der Waals surface area contributed by atoms with Crippen molar-refractivity contribution in [3.8, 4) is 0 Å². The van der Waals surface area contributed by atoms with Gasteiger partial charge in [-0.05, 0) is 48.9 Å². The summed E-state index contributed by atoms with van der Waals surface area (Å²) in [5.41, 5.74) is 0.658. The molecule has 0 saturated heterocycles. The number of benzene rings is 2. The van der Waals surface area contributed by atoms with Crippen LogP contribution >= 0.6 is 11.6 Å². The Morgan fingerprint density at radius 1 is 1.15 bits per heavy atom. The Labute approximate surface area is 161 Å². The van der Waals surface area contributed by atoms with Crippen molar-refractivity contribution in [3.05, 3.63) is 58.9 Å². The zero-order valence-electron chi connectivity index (χ0n) is 14.4. The summed E-state index contributed by atoms with van der Waals surface area (Å²) in [5, 5.41) is 2.78. The van der Waals surface area contributed by atoms with Crippen LogP contribution in [0.1, 0.15) is 12.0 Å². The van der Waals surface area contributed by atoms with Crippen molar-refractivity contribution >= 4 is 39.0 Å². The highest BCUT2D eigenvalue weighted by Gasteiger charge is 2.17. The molecule has 2 aromatic carbocycles. The van der Waals surface area contributed by atoms with E-state index in [4.69, 9.17) is 16.3 Å². The molecule has 1 N–H and O–H groups in total. The number of amides is 1. The number of halogens is 2. The molecular weight excluding hydrogens is 397 g/mol. The van der Waals surface area contributed by atoms with Crippen LogP contribution in [0, 0.1) is 12.7 Å². The minimum Gasteiger partial charge on any atom is -0.456 e. The molecule has 0 aliphatic heterocycles. The molecule has 0 aliphatic rings. The van der Waals surface area contributed by atoms with Crippen LogP contribution in [0.15, 0.2) is 47.4 Å². The first-order valence-corrected chi connectivity index (χ1v) is 9.90. The third-order valence-corrected chi connectivity index (χ3v) is 5.55. The maximum absolute atomic E-state index is 13.4. The predicted octanol–water partition coefficient (Wildman–Crippen LogP) is 3.13. The molecule has 0 unspecified atom stereocenters. The van der Waals surface area contributed by atoms with E-state index in [1.54, 1.807) is 6.92 Å². The van der Waals surface area contributed by atoms with Gasteiger partial charge in [-0.25, -0.2) is 12.8 Å². The normalized spacial score (nSPS) is 11.1. The smallest absolute Gasteiger partial charge is 0.307 e. The minimum absolute atomic E-state index is 0.0406. The van der Waals surface area contributed by atoms with Crippen molar-refractivity contribution in [1.29, 1.82) is 0 Å². The SMILES string of the molecule is Cc1ccc(NC(=O)COC(=O)CCS(=O)(=O)c2ccc(Cl)cc2)cc1F. The Bertz CT molecular complexity index is 945. The lowest BCUT2D eigenvalue weighted by atomic mass is 10.2. The number of rotatable bonds is 7. The molecule has 9 heteroatoms. The molecule has 144 valence electrons. The van der Waals surface area contributed by atoms with Crippen LogP contribution < -0.4 is 5.32 Å². The van der Waals surface area contributed by atoms with Crippen LogP contribution in [-0.2, 0) is 24.2 Å². The maximum atomic E-state index is 13.4. The van der Waals surface area contributed by atoms with Crippen molar-refractivity contribution in [2.24, 2.45) is 0 Å². The van der Waals surface area contributed by atoms with Gasteiger partial charge < -0.3 is 10.1 Å². The van der Waals surface area contributed by atoms with Crippen molar-refractivity contribution in [3.63, 3.8) is 0 Å². The molecule has 6 nitrogen and oxygen atoms in total. The highest BCUT2D eigenvalue weighted by atomic mass is 35.5. The fourth-order valence-corrected chi connectivity index (χ4v) is 3.41. The Morgan fingerprint density at radius 2 is 1.81 bits per heavy atom. The highest BCUT2D eigenvalue weighted by molar-refractivity contribution is 7.91. The van der Waals surface area contributed by atoms with Gasteiger partial charge in [-0.15, -0.1) is 0 Å². The maximum Gasteiger partial charge on any atom is 0.307 e. The Morgan fingerprint density at radius 3 is 2.44 bits per heavy atom.